The number of benzene rings is 1. The zero-order valence-corrected chi connectivity index (χ0v) is 10.9. The third-order valence-corrected chi connectivity index (χ3v) is 2.62. The molecule has 0 aliphatic carbocycles. The average Bonchev–Trinajstić information content (AvgIpc) is 2.35. The number of rotatable bonds is 5. The van der Waals surface area contributed by atoms with Crippen molar-refractivity contribution in [2.75, 3.05) is 11.9 Å². The van der Waals surface area contributed by atoms with Gasteiger partial charge in [0.1, 0.15) is 0 Å². The third-order valence-electron chi connectivity index (χ3n) is 2.62. The molecule has 0 fully saturated rings. The molecule has 0 saturated heterocycles. The Labute approximate surface area is 111 Å². The van der Waals surface area contributed by atoms with Gasteiger partial charge in [-0.1, -0.05) is 32.0 Å². The summed E-state index contributed by atoms with van der Waals surface area (Å²) in [5.74, 6) is -1.06. The topological polar surface area (TPSA) is 98.7 Å². The van der Waals surface area contributed by atoms with E-state index in [1.165, 1.54) is 0 Å². The molecular formula is C13H18N2O4. The monoisotopic (exact) mass is 266 g/mol. The summed E-state index contributed by atoms with van der Waals surface area (Å²) in [6.45, 7) is 3.33. The van der Waals surface area contributed by atoms with Crippen LogP contribution in [0.3, 0.4) is 0 Å². The summed E-state index contributed by atoms with van der Waals surface area (Å²) in [4.78, 5) is 22.4. The van der Waals surface area contributed by atoms with Gasteiger partial charge in [0.2, 0.25) is 0 Å². The van der Waals surface area contributed by atoms with Crippen molar-refractivity contribution in [3.05, 3.63) is 29.8 Å². The Balaban J connectivity index is 2.74. The SMILES string of the molecule is CC(C)c1ccccc1NC(=O)N[C@H](CO)C(=O)O. The van der Waals surface area contributed by atoms with Crippen LogP contribution in [0.4, 0.5) is 10.5 Å². The van der Waals surface area contributed by atoms with Gasteiger partial charge in [-0.2, -0.15) is 0 Å². The Hall–Kier alpha value is -2.08. The second kappa shape index (κ2) is 6.75. The fraction of sp³-hybridized carbons (Fsp3) is 0.385. The zero-order valence-electron chi connectivity index (χ0n) is 10.9. The molecule has 1 atom stereocenters. The zero-order chi connectivity index (χ0) is 14.4. The Bertz CT molecular complexity index is 460. The molecule has 1 aromatic rings. The normalized spacial score (nSPS) is 12.0. The van der Waals surface area contributed by atoms with Gasteiger partial charge < -0.3 is 20.8 Å². The molecule has 0 aromatic heterocycles. The van der Waals surface area contributed by atoms with Crippen molar-refractivity contribution in [2.45, 2.75) is 25.8 Å². The molecule has 19 heavy (non-hydrogen) atoms. The van der Waals surface area contributed by atoms with Crippen LogP contribution in [-0.4, -0.2) is 34.9 Å². The van der Waals surface area contributed by atoms with Gasteiger partial charge in [-0.25, -0.2) is 9.59 Å². The molecule has 2 amide bonds. The molecule has 0 radical (unpaired) electrons. The van der Waals surface area contributed by atoms with Crippen LogP contribution in [0.25, 0.3) is 0 Å². The number of carboxylic acid groups (broad SMARTS) is 1. The van der Waals surface area contributed by atoms with Gasteiger partial charge in [0.15, 0.2) is 6.04 Å². The highest BCUT2D eigenvalue weighted by atomic mass is 16.4. The number of aliphatic hydroxyl groups is 1. The molecular weight excluding hydrogens is 248 g/mol. The number of urea groups is 1. The smallest absolute Gasteiger partial charge is 0.328 e. The lowest BCUT2D eigenvalue weighted by molar-refractivity contribution is -0.140. The Morgan fingerprint density at radius 3 is 2.42 bits per heavy atom. The number of carbonyl (C=O) groups is 2. The maximum atomic E-state index is 11.7. The number of amides is 2. The molecule has 0 aliphatic heterocycles. The minimum atomic E-state index is -1.31. The molecule has 0 spiro atoms. The summed E-state index contributed by atoms with van der Waals surface area (Å²) in [6, 6.07) is 5.31. The Morgan fingerprint density at radius 2 is 1.89 bits per heavy atom. The van der Waals surface area contributed by atoms with Crippen LogP contribution < -0.4 is 10.6 Å². The van der Waals surface area contributed by atoms with E-state index in [4.69, 9.17) is 10.2 Å². The number of carbonyl (C=O) groups excluding carboxylic acids is 1. The highest BCUT2D eigenvalue weighted by Gasteiger charge is 2.19. The van der Waals surface area contributed by atoms with Crippen LogP contribution in [0.15, 0.2) is 24.3 Å². The number of anilines is 1. The second-order valence-electron chi connectivity index (χ2n) is 4.41. The van der Waals surface area contributed by atoms with E-state index in [2.05, 4.69) is 10.6 Å². The first-order chi connectivity index (χ1) is 8.95. The lowest BCUT2D eigenvalue weighted by Gasteiger charge is -2.16. The van der Waals surface area contributed by atoms with Gasteiger partial charge in [0.05, 0.1) is 6.61 Å². The van der Waals surface area contributed by atoms with E-state index >= 15 is 0 Å². The lowest BCUT2D eigenvalue weighted by Crippen LogP contribution is -2.45. The van der Waals surface area contributed by atoms with E-state index in [9.17, 15) is 9.59 Å². The van der Waals surface area contributed by atoms with Gasteiger partial charge in [-0.15, -0.1) is 0 Å². The van der Waals surface area contributed by atoms with E-state index < -0.39 is 24.6 Å². The number of nitrogens with one attached hydrogen (secondary N) is 2. The standard InChI is InChI=1S/C13H18N2O4/c1-8(2)9-5-3-4-6-10(9)14-13(19)15-11(7-16)12(17)18/h3-6,8,11,16H,7H2,1-2H3,(H,17,18)(H2,14,15,19)/t11-/m1/s1. The van der Waals surface area contributed by atoms with Crippen LogP contribution in [0, 0.1) is 0 Å². The summed E-state index contributed by atoms with van der Waals surface area (Å²) < 4.78 is 0. The molecule has 0 heterocycles. The van der Waals surface area contributed by atoms with Crippen molar-refractivity contribution in [3.8, 4) is 0 Å². The van der Waals surface area contributed by atoms with Crippen LogP contribution in [0.5, 0.6) is 0 Å². The molecule has 0 aliphatic rings. The number of para-hydroxylation sites is 1. The predicted octanol–water partition coefficient (Wildman–Crippen LogP) is 1.38. The summed E-state index contributed by atoms with van der Waals surface area (Å²) in [6.07, 6.45) is 0. The first-order valence-electron chi connectivity index (χ1n) is 5.95. The van der Waals surface area contributed by atoms with Gasteiger partial charge in [0.25, 0.3) is 0 Å². The molecule has 0 unspecified atom stereocenters. The number of hydrogen-bond acceptors (Lipinski definition) is 3. The van der Waals surface area contributed by atoms with E-state index in [0.717, 1.165) is 5.56 Å². The maximum Gasteiger partial charge on any atom is 0.328 e. The van der Waals surface area contributed by atoms with Crippen LogP contribution in [0.2, 0.25) is 0 Å². The number of aliphatic hydroxyl groups excluding tert-OH is 1. The van der Waals surface area contributed by atoms with Gasteiger partial charge in [-0.05, 0) is 17.5 Å². The van der Waals surface area contributed by atoms with Gasteiger partial charge >= 0.3 is 12.0 Å². The van der Waals surface area contributed by atoms with Crippen molar-refractivity contribution >= 4 is 17.7 Å². The quantitative estimate of drug-likeness (QED) is 0.647. The highest BCUT2D eigenvalue weighted by Crippen LogP contribution is 2.23. The van der Waals surface area contributed by atoms with Crippen molar-refractivity contribution in [2.24, 2.45) is 0 Å². The average molecular weight is 266 g/mol. The first kappa shape index (κ1) is 15.0. The van der Waals surface area contributed by atoms with Crippen molar-refractivity contribution in [3.63, 3.8) is 0 Å². The molecule has 1 aromatic carbocycles. The van der Waals surface area contributed by atoms with E-state index in [1.54, 1.807) is 12.1 Å². The first-order valence-corrected chi connectivity index (χ1v) is 5.95. The minimum Gasteiger partial charge on any atom is -0.480 e. The van der Waals surface area contributed by atoms with E-state index in [0.29, 0.717) is 5.69 Å². The summed E-state index contributed by atoms with van der Waals surface area (Å²) in [5.41, 5.74) is 1.57. The molecule has 6 nitrogen and oxygen atoms in total. The third kappa shape index (κ3) is 4.26. The molecule has 0 saturated carbocycles. The molecule has 1 rings (SSSR count). The lowest BCUT2D eigenvalue weighted by atomic mass is 10.0. The predicted molar refractivity (Wildman–Crippen MR) is 71.2 cm³/mol. The van der Waals surface area contributed by atoms with E-state index in [1.807, 2.05) is 26.0 Å². The van der Waals surface area contributed by atoms with Gasteiger partial charge in [-0.3, -0.25) is 0 Å². The van der Waals surface area contributed by atoms with Gasteiger partial charge in [0, 0.05) is 5.69 Å². The molecule has 104 valence electrons. The summed E-state index contributed by atoms with van der Waals surface area (Å²) in [7, 11) is 0. The number of carboxylic acids is 1. The summed E-state index contributed by atoms with van der Waals surface area (Å²) in [5, 5.41) is 22.3. The highest BCUT2D eigenvalue weighted by molar-refractivity contribution is 5.93. The summed E-state index contributed by atoms with van der Waals surface area (Å²) >= 11 is 0. The van der Waals surface area contributed by atoms with Crippen molar-refractivity contribution < 1.29 is 19.8 Å². The number of hydrogen-bond donors (Lipinski definition) is 4. The van der Waals surface area contributed by atoms with Crippen molar-refractivity contribution in [1.29, 1.82) is 0 Å². The second-order valence-corrected chi connectivity index (χ2v) is 4.41. The van der Waals surface area contributed by atoms with Crippen LogP contribution in [0.1, 0.15) is 25.3 Å². The molecule has 4 N–H and O–H groups in total. The Kier molecular flexibility index (Phi) is 5.32. The number of aliphatic carboxylic acids is 1. The largest absolute Gasteiger partial charge is 0.480 e. The Morgan fingerprint density at radius 1 is 1.26 bits per heavy atom. The van der Waals surface area contributed by atoms with Crippen LogP contribution >= 0.6 is 0 Å². The molecule has 6 heteroatoms. The minimum absolute atomic E-state index is 0.226. The maximum absolute atomic E-state index is 11.7. The van der Waals surface area contributed by atoms with Crippen LogP contribution in [-0.2, 0) is 4.79 Å². The fourth-order valence-electron chi connectivity index (χ4n) is 1.62. The van der Waals surface area contributed by atoms with E-state index in [-0.39, 0.29) is 5.92 Å². The molecule has 0 bridgehead atoms. The van der Waals surface area contributed by atoms with Crippen molar-refractivity contribution in [1.82, 2.24) is 5.32 Å². The fourth-order valence-corrected chi connectivity index (χ4v) is 1.62.